The number of benzene rings is 2. The molecule has 1 fully saturated rings. The smallest absolute Gasteiger partial charge is 0.333 e. The van der Waals surface area contributed by atoms with Gasteiger partial charge in [0.1, 0.15) is 5.52 Å². The molecule has 0 unspecified atom stereocenters. The second-order valence-corrected chi connectivity index (χ2v) is 12.0. The number of nitrogens with one attached hydrogen (secondary N) is 2. The van der Waals surface area contributed by atoms with Crippen molar-refractivity contribution < 1.29 is 18.0 Å². The lowest BCUT2D eigenvalue weighted by molar-refractivity contribution is -0.137. The minimum absolute atomic E-state index is 0.00577. The summed E-state index contributed by atoms with van der Waals surface area (Å²) in [5, 5.41) is 3.73. The van der Waals surface area contributed by atoms with Crippen LogP contribution in [0.25, 0.3) is 11.0 Å². The zero-order valence-corrected chi connectivity index (χ0v) is 24.2. The highest BCUT2D eigenvalue weighted by Crippen LogP contribution is 2.35. The predicted molar refractivity (Wildman–Crippen MR) is 153 cm³/mol. The first-order valence-corrected chi connectivity index (χ1v) is 14.6. The van der Waals surface area contributed by atoms with Crippen molar-refractivity contribution >= 4 is 46.0 Å². The normalized spacial score (nSPS) is 15.5. The molecule has 39 heavy (non-hydrogen) atoms. The molecule has 0 spiro atoms. The molecule has 2 N–H and O–H groups in total. The van der Waals surface area contributed by atoms with Crippen LogP contribution in [0.15, 0.2) is 35.5 Å². The summed E-state index contributed by atoms with van der Waals surface area (Å²) in [4.78, 5) is 24.8. The number of thioether (sulfide) groups is 1. The quantitative estimate of drug-likeness (QED) is 0.271. The van der Waals surface area contributed by atoms with Gasteiger partial charge >= 0.3 is 6.18 Å². The van der Waals surface area contributed by atoms with E-state index < -0.39 is 11.7 Å². The number of carbonyl (C=O) groups is 1. The van der Waals surface area contributed by atoms with Crippen molar-refractivity contribution in [2.45, 2.75) is 50.9 Å². The highest BCUT2D eigenvalue weighted by atomic mass is 35.5. The molecule has 0 bridgehead atoms. The van der Waals surface area contributed by atoms with Gasteiger partial charge in [0.25, 0.3) is 0 Å². The molecule has 1 aromatic heterocycles. The Balaban J connectivity index is 1.25. The molecule has 3 aromatic rings. The van der Waals surface area contributed by atoms with Crippen molar-refractivity contribution in [2.75, 3.05) is 50.3 Å². The fraction of sp³-hybridized carbons (Fsp3) is 0.500. The third-order valence-corrected chi connectivity index (χ3v) is 8.10. The van der Waals surface area contributed by atoms with Crippen LogP contribution in [-0.4, -0.2) is 70.7 Å². The van der Waals surface area contributed by atoms with Crippen LogP contribution in [0.1, 0.15) is 56.2 Å². The number of imidazole rings is 1. The van der Waals surface area contributed by atoms with Gasteiger partial charge in [-0.05, 0) is 35.1 Å². The number of hydrogen-bond acceptors (Lipinski definition) is 5. The molecule has 1 aliphatic rings. The highest BCUT2D eigenvalue weighted by molar-refractivity contribution is 7.99. The first kappa shape index (κ1) is 29.7. The van der Waals surface area contributed by atoms with Gasteiger partial charge in [0.2, 0.25) is 5.91 Å². The lowest BCUT2D eigenvalue weighted by Gasteiger charge is -2.34. The van der Waals surface area contributed by atoms with Gasteiger partial charge in [-0.15, -0.1) is 0 Å². The number of hydrogen-bond donors (Lipinski definition) is 2. The average Bonchev–Trinajstić information content (AvgIpc) is 3.28. The zero-order valence-electron chi connectivity index (χ0n) is 22.7. The molecule has 0 radical (unpaired) electrons. The van der Waals surface area contributed by atoms with E-state index in [0.29, 0.717) is 29.1 Å². The van der Waals surface area contributed by atoms with Crippen LogP contribution in [0.5, 0.6) is 0 Å². The van der Waals surface area contributed by atoms with Crippen LogP contribution in [0.2, 0.25) is 5.02 Å². The number of para-hydroxylation sites is 1. The Morgan fingerprint density at radius 3 is 2.28 bits per heavy atom. The summed E-state index contributed by atoms with van der Waals surface area (Å²) in [6.07, 6.45) is -4.46. The van der Waals surface area contributed by atoms with Crippen LogP contribution in [-0.2, 0) is 11.0 Å². The number of aromatic amines is 1. The number of halogens is 4. The van der Waals surface area contributed by atoms with Gasteiger partial charge in [-0.2, -0.15) is 13.2 Å². The first-order chi connectivity index (χ1) is 18.4. The van der Waals surface area contributed by atoms with E-state index in [1.165, 1.54) is 11.8 Å². The molecule has 11 heteroatoms. The predicted octanol–water partition coefficient (Wildman–Crippen LogP) is 6.83. The highest BCUT2D eigenvalue weighted by Gasteiger charge is 2.32. The van der Waals surface area contributed by atoms with E-state index >= 15 is 0 Å². The first-order valence-electron chi connectivity index (χ1n) is 13.2. The Morgan fingerprint density at radius 1 is 1.08 bits per heavy atom. The molecule has 0 aliphatic carbocycles. The van der Waals surface area contributed by atoms with E-state index in [1.807, 2.05) is 0 Å². The molecule has 1 aliphatic heterocycles. The van der Waals surface area contributed by atoms with Crippen molar-refractivity contribution in [1.29, 1.82) is 0 Å². The van der Waals surface area contributed by atoms with Crippen LogP contribution in [0.4, 0.5) is 18.9 Å². The van der Waals surface area contributed by atoms with Crippen molar-refractivity contribution in [3.05, 3.63) is 52.0 Å². The maximum Gasteiger partial charge on any atom is 0.416 e. The van der Waals surface area contributed by atoms with Gasteiger partial charge in [-0.3, -0.25) is 14.6 Å². The molecule has 2 aromatic carbocycles. The van der Waals surface area contributed by atoms with Crippen LogP contribution >= 0.6 is 23.4 Å². The molecule has 2 heterocycles. The summed E-state index contributed by atoms with van der Waals surface area (Å²) in [6, 6.07) is 8.18. The van der Waals surface area contributed by atoms with Crippen molar-refractivity contribution in [3.63, 3.8) is 0 Å². The lowest BCUT2D eigenvalue weighted by Crippen LogP contribution is -2.49. The van der Waals surface area contributed by atoms with Crippen LogP contribution in [0, 0.1) is 0 Å². The van der Waals surface area contributed by atoms with E-state index in [-0.39, 0.29) is 16.4 Å². The maximum atomic E-state index is 13.1. The summed E-state index contributed by atoms with van der Waals surface area (Å²) in [5.74, 6) is 1.36. The number of fused-ring (bicyclic) bond motifs is 1. The third-order valence-electron chi connectivity index (χ3n) is 6.96. The largest absolute Gasteiger partial charge is 0.416 e. The SMILES string of the molecule is CC(C)c1cccc(C(C)C)c1NC(=O)CN1CCN(CCSc2nc3c(Cl)cc(C(F)(F)F)cc3[nH]2)CC1. The Morgan fingerprint density at radius 2 is 1.69 bits per heavy atom. The topological polar surface area (TPSA) is 64.3 Å². The molecule has 1 amide bonds. The van der Waals surface area contributed by atoms with E-state index in [4.69, 9.17) is 11.6 Å². The van der Waals surface area contributed by atoms with E-state index in [9.17, 15) is 18.0 Å². The number of carbonyl (C=O) groups excluding carboxylic acids is 1. The Labute approximate surface area is 236 Å². The summed E-state index contributed by atoms with van der Waals surface area (Å²) in [7, 11) is 0. The fourth-order valence-corrected chi connectivity index (χ4v) is 5.95. The molecular formula is C28H35ClF3N5OS. The van der Waals surface area contributed by atoms with Gasteiger partial charge in [0.05, 0.1) is 22.6 Å². The van der Waals surface area contributed by atoms with Crippen molar-refractivity contribution in [2.24, 2.45) is 0 Å². The minimum atomic E-state index is -4.46. The van der Waals surface area contributed by atoms with Crippen LogP contribution in [0.3, 0.4) is 0 Å². The fourth-order valence-electron chi connectivity index (χ4n) is 4.80. The van der Waals surface area contributed by atoms with Crippen molar-refractivity contribution in [1.82, 2.24) is 19.8 Å². The Kier molecular flexibility index (Phi) is 9.52. The summed E-state index contributed by atoms with van der Waals surface area (Å²) in [5.41, 5.74) is 3.09. The van der Waals surface area contributed by atoms with E-state index in [2.05, 4.69) is 71.0 Å². The second kappa shape index (κ2) is 12.5. The molecule has 0 saturated carbocycles. The number of H-pyrrole nitrogens is 1. The molecular weight excluding hydrogens is 547 g/mol. The van der Waals surface area contributed by atoms with E-state index in [0.717, 1.165) is 67.4 Å². The number of anilines is 1. The molecule has 1 saturated heterocycles. The number of piperazine rings is 1. The lowest BCUT2D eigenvalue weighted by atomic mass is 9.92. The van der Waals surface area contributed by atoms with Gasteiger partial charge in [0.15, 0.2) is 5.16 Å². The summed E-state index contributed by atoms with van der Waals surface area (Å²) < 4.78 is 39.2. The van der Waals surface area contributed by atoms with Gasteiger partial charge in [-0.25, -0.2) is 4.98 Å². The minimum Gasteiger partial charge on any atom is -0.333 e. The summed E-state index contributed by atoms with van der Waals surface area (Å²) in [6.45, 7) is 13.0. The molecule has 4 rings (SSSR count). The van der Waals surface area contributed by atoms with Crippen molar-refractivity contribution in [3.8, 4) is 0 Å². The number of nitrogens with zero attached hydrogens (tertiary/aromatic N) is 3. The van der Waals surface area contributed by atoms with Crippen LogP contribution < -0.4 is 5.32 Å². The maximum absolute atomic E-state index is 13.1. The zero-order chi connectivity index (χ0) is 28.3. The molecule has 212 valence electrons. The number of rotatable bonds is 9. The van der Waals surface area contributed by atoms with E-state index in [1.54, 1.807) is 0 Å². The van der Waals surface area contributed by atoms with Gasteiger partial charge in [-0.1, -0.05) is 69.3 Å². The second-order valence-electron chi connectivity index (χ2n) is 10.5. The third kappa shape index (κ3) is 7.48. The average molecular weight is 582 g/mol. The van der Waals surface area contributed by atoms with Gasteiger partial charge in [0, 0.05) is 44.2 Å². The number of amides is 1. The Hall–Kier alpha value is -2.27. The summed E-state index contributed by atoms with van der Waals surface area (Å²) >= 11 is 7.50. The number of alkyl halides is 3. The van der Waals surface area contributed by atoms with Gasteiger partial charge < -0.3 is 10.3 Å². The Bertz CT molecular complexity index is 1280. The molecule has 6 nitrogen and oxygen atoms in total. The monoisotopic (exact) mass is 581 g/mol. The molecule has 0 atom stereocenters. The standard InChI is InChI=1S/C28H35ClF3N5OS/c1-17(2)20-6-5-7-21(18(3)4)25(20)34-24(38)16-37-10-8-36(9-11-37)12-13-39-27-33-23-15-19(28(30,31)32)14-22(29)26(23)35-27/h5-7,14-15,17-18H,8-13,16H2,1-4H3,(H,33,35)(H,34,38). The number of aromatic nitrogens is 2.